The highest BCUT2D eigenvalue weighted by Crippen LogP contribution is 2.25. The van der Waals surface area contributed by atoms with Crippen molar-refractivity contribution in [2.24, 2.45) is 5.73 Å². The molecule has 3 rings (SSSR count). The molecule has 2 aliphatic rings. The Kier molecular flexibility index (Phi) is 11.0. The number of nitrogens with one attached hydrogen (secondary N) is 2. The topological polar surface area (TPSA) is 134 Å². The zero-order valence-corrected chi connectivity index (χ0v) is 22.9. The molecule has 2 unspecified atom stereocenters. The van der Waals surface area contributed by atoms with E-state index in [2.05, 4.69) is 26.9 Å². The van der Waals surface area contributed by atoms with Crippen LogP contribution < -0.4 is 15.8 Å². The number of likely N-dealkylation sites (N-methyl/N-ethyl adjacent to an activating group) is 2. The summed E-state index contributed by atoms with van der Waals surface area (Å²) in [6.45, 7) is 9.17. The molecule has 37 heavy (non-hydrogen) atoms. The van der Waals surface area contributed by atoms with Crippen molar-refractivity contribution >= 4 is 41.0 Å². The Morgan fingerprint density at radius 1 is 1.14 bits per heavy atom. The van der Waals surface area contributed by atoms with Crippen molar-refractivity contribution in [2.75, 3.05) is 69.4 Å². The number of nitrogens with two attached hydrogens (primary N) is 1. The molecule has 206 valence electrons. The first-order valence-electron chi connectivity index (χ1n) is 12.9. The molecule has 0 saturated carbocycles. The molecule has 12 heteroatoms. The van der Waals surface area contributed by atoms with Crippen LogP contribution in [0.1, 0.15) is 26.7 Å². The van der Waals surface area contributed by atoms with Crippen molar-refractivity contribution in [2.45, 2.75) is 44.2 Å². The largest absolute Gasteiger partial charge is 0.391 e. The quantitative estimate of drug-likeness (QED) is 0.235. The molecular formula is C25H41N7O4S. The molecule has 3 amide bonds. The van der Waals surface area contributed by atoms with Crippen LogP contribution in [0.3, 0.4) is 0 Å². The van der Waals surface area contributed by atoms with Crippen LogP contribution in [0.4, 0.5) is 11.4 Å². The summed E-state index contributed by atoms with van der Waals surface area (Å²) in [4.78, 5) is 45.3. The minimum atomic E-state index is -0.953. The standard InChI is InChI=1S/C25H41N7O4S/c1-4-32(18(2)33)25(23(26)24(36)31-12-9-21(34)17-31)37-28-20-7-5-19(6-8-20)27-22(35)10-11-30-15-13-29(3)14-16-30/h5-8,21,23,25,28,34H,4,9-17,26H2,1-3H3,(H,27,35)/t21?,23-,25?/m1/s1. The zero-order chi connectivity index (χ0) is 26.9. The lowest BCUT2D eigenvalue weighted by molar-refractivity contribution is -0.135. The third kappa shape index (κ3) is 8.57. The van der Waals surface area contributed by atoms with E-state index in [0.717, 1.165) is 38.4 Å². The van der Waals surface area contributed by atoms with Crippen LogP contribution in [-0.2, 0) is 14.4 Å². The van der Waals surface area contributed by atoms with Gasteiger partial charge in [0.1, 0.15) is 11.4 Å². The number of anilines is 2. The highest BCUT2D eigenvalue weighted by atomic mass is 32.2. The van der Waals surface area contributed by atoms with Crippen molar-refractivity contribution < 1.29 is 19.5 Å². The minimum absolute atomic E-state index is 0.0226. The van der Waals surface area contributed by atoms with Gasteiger partial charge in [-0.05, 0) is 56.6 Å². The van der Waals surface area contributed by atoms with Crippen molar-refractivity contribution in [1.82, 2.24) is 19.6 Å². The van der Waals surface area contributed by atoms with Crippen molar-refractivity contribution in [3.8, 4) is 0 Å². The number of hydrogen-bond donors (Lipinski definition) is 4. The molecule has 0 spiro atoms. The molecule has 2 saturated heterocycles. The Bertz CT molecular complexity index is 911. The number of carbonyl (C=O) groups is 3. The minimum Gasteiger partial charge on any atom is -0.391 e. The van der Waals surface area contributed by atoms with Gasteiger partial charge in [0.15, 0.2) is 0 Å². The maximum Gasteiger partial charge on any atom is 0.242 e. The van der Waals surface area contributed by atoms with Gasteiger partial charge in [-0.3, -0.25) is 14.4 Å². The molecule has 11 nitrogen and oxygen atoms in total. The average molecular weight is 536 g/mol. The number of piperazine rings is 1. The summed E-state index contributed by atoms with van der Waals surface area (Å²) in [5, 5.41) is 12.1. The van der Waals surface area contributed by atoms with E-state index in [9.17, 15) is 19.5 Å². The van der Waals surface area contributed by atoms with Crippen LogP contribution in [0.15, 0.2) is 24.3 Å². The molecule has 0 radical (unpaired) electrons. The van der Waals surface area contributed by atoms with E-state index in [0.29, 0.717) is 31.6 Å². The Hall–Kier alpha value is -2.38. The third-order valence-electron chi connectivity index (χ3n) is 6.84. The third-order valence-corrected chi connectivity index (χ3v) is 7.98. The number of aliphatic hydroxyl groups excluding tert-OH is 1. The van der Waals surface area contributed by atoms with Crippen LogP contribution in [0, 0.1) is 0 Å². The van der Waals surface area contributed by atoms with E-state index in [-0.39, 0.29) is 24.3 Å². The molecule has 1 aromatic rings. The first-order chi connectivity index (χ1) is 17.7. The Labute approximate surface area is 223 Å². The van der Waals surface area contributed by atoms with E-state index in [1.165, 1.54) is 18.9 Å². The molecule has 5 N–H and O–H groups in total. The van der Waals surface area contributed by atoms with Gasteiger partial charge < -0.3 is 40.5 Å². The molecule has 2 heterocycles. The number of nitrogens with zero attached hydrogens (tertiary/aromatic N) is 4. The van der Waals surface area contributed by atoms with Gasteiger partial charge in [-0.15, -0.1) is 0 Å². The van der Waals surface area contributed by atoms with E-state index < -0.39 is 17.5 Å². The summed E-state index contributed by atoms with van der Waals surface area (Å²) in [7, 11) is 2.11. The Balaban J connectivity index is 1.53. The number of benzene rings is 1. The molecule has 1 aromatic carbocycles. The van der Waals surface area contributed by atoms with Gasteiger partial charge in [0.2, 0.25) is 17.7 Å². The molecule has 2 aliphatic heterocycles. The van der Waals surface area contributed by atoms with Gasteiger partial charge in [-0.25, -0.2) is 0 Å². The molecule has 0 bridgehead atoms. The fourth-order valence-corrected chi connectivity index (χ4v) is 5.57. The zero-order valence-electron chi connectivity index (χ0n) is 22.1. The first kappa shape index (κ1) is 29.2. The average Bonchev–Trinajstić information content (AvgIpc) is 3.32. The van der Waals surface area contributed by atoms with Crippen LogP contribution in [0.25, 0.3) is 0 Å². The molecule has 3 atom stereocenters. The van der Waals surface area contributed by atoms with Crippen molar-refractivity contribution in [1.29, 1.82) is 0 Å². The smallest absolute Gasteiger partial charge is 0.242 e. The normalized spacial score (nSPS) is 20.4. The van der Waals surface area contributed by atoms with Gasteiger partial charge >= 0.3 is 0 Å². The lowest BCUT2D eigenvalue weighted by atomic mass is 10.2. The highest BCUT2D eigenvalue weighted by molar-refractivity contribution is 8.01. The van der Waals surface area contributed by atoms with E-state index >= 15 is 0 Å². The van der Waals surface area contributed by atoms with Gasteiger partial charge in [-0.1, -0.05) is 0 Å². The second-order valence-corrected chi connectivity index (χ2v) is 10.6. The number of aliphatic hydroxyl groups is 1. The summed E-state index contributed by atoms with van der Waals surface area (Å²) in [6, 6.07) is 6.32. The van der Waals surface area contributed by atoms with Crippen LogP contribution in [0.2, 0.25) is 0 Å². The molecular weight excluding hydrogens is 494 g/mol. The fourth-order valence-electron chi connectivity index (χ4n) is 4.49. The second kappa shape index (κ2) is 14.0. The number of amides is 3. The maximum absolute atomic E-state index is 13.0. The summed E-state index contributed by atoms with van der Waals surface area (Å²) in [5.41, 5.74) is 7.81. The van der Waals surface area contributed by atoms with E-state index in [1.807, 2.05) is 31.2 Å². The molecule has 0 aromatic heterocycles. The highest BCUT2D eigenvalue weighted by Gasteiger charge is 2.36. The number of likely N-dealkylation sites (tertiary alicyclic amines) is 1. The van der Waals surface area contributed by atoms with Gasteiger partial charge in [0.25, 0.3) is 0 Å². The van der Waals surface area contributed by atoms with Crippen molar-refractivity contribution in [3.63, 3.8) is 0 Å². The van der Waals surface area contributed by atoms with E-state index in [1.54, 1.807) is 9.80 Å². The summed E-state index contributed by atoms with van der Waals surface area (Å²) in [6.07, 6.45) is 0.428. The summed E-state index contributed by atoms with van der Waals surface area (Å²) in [5.74, 6) is -0.489. The number of β-amino-alcohol motifs (C(OH)–C–C–N with tert-alkyl or cyclic N) is 1. The fraction of sp³-hybridized carbons (Fsp3) is 0.640. The summed E-state index contributed by atoms with van der Waals surface area (Å²) < 4.78 is 3.20. The van der Waals surface area contributed by atoms with Gasteiger partial charge in [-0.2, -0.15) is 0 Å². The monoisotopic (exact) mass is 535 g/mol. The second-order valence-electron chi connectivity index (χ2n) is 9.69. The van der Waals surface area contributed by atoms with Gasteiger partial charge in [0, 0.05) is 77.1 Å². The number of rotatable bonds is 11. The molecule has 2 fully saturated rings. The Morgan fingerprint density at radius 3 is 2.35 bits per heavy atom. The van der Waals surface area contributed by atoms with Crippen LogP contribution in [0.5, 0.6) is 0 Å². The first-order valence-corrected chi connectivity index (χ1v) is 13.8. The SMILES string of the molecule is CCN(C(C)=O)C(SNc1ccc(NC(=O)CCN2CCN(C)CC2)cc1)[C@H](N)C(=O)N1CCC(O)C1. The lowest BCUT2D eigenvalue weighted by Gasteiger charge is -2.34. The molecule has 0 aliphatic carbocycles. The predicted octanol–water partition coefficient (Wildman–Crippen LogP) is 0.438. The lowest BCUT2D eigenvalue weighted by Crippen LogP contribution is -2.56. The van der Waals surface area contributed by atoms with E-state index in [4.69, 9.17) is 5.73 Å². The predicted molar refractivity (Wildman–Crippen MR) is 147 cm³/mol. The number of hydrogen-bond acceptors (Lipinski definition) is 9. The Morgan fingerprint density at radius 2 is 1.78 bits per heavy atom. The van der Waals surface area contributed by atoms with Crippen LogP contribution >= 0.6 is 11.9 Å². The van der Waals surface area contributed by atoms with Gasteiger partial charge in [0.05, 0.1) is 6.10 Å². The number of carbonyl (C=O) groups excluding carboxylic acids is 3. The maximum atomic E-state index is 13.0. The van der Waals surface area contributed by atoms with Crippen LogP contribution in [-0.4, -0.2) is 119 Å². The van der Waals surface area contributed by atoms with Crippen molar-refractivity contribution in [3.05, 3.63) is 24.3 Å². The summed E-state index contributed by atoms with van der Waals surface area (Å²) >= 11 is 1.20.